The van der Waals surface area contributed by atoms with E-state index in [1.54, 1.807) is 48.5 Å². The topological polar surface area (TPSA) is 62.8 Å². The molecule has 160 valence electrons. The first-order valence-corrected chi connectivity index (χ1v) is 10.7. The summed E-state index contributed by atoms with van der Waals surface area (Å²) in [7, 11) is 0. The summed E-state index contributed by atoms with van der Waals surface area (Å²) in [5.41, 5.74) is 5.08. The van der Waals surface area contributed by atoms with Crippen LogP contribution in [0.2, 0.25) is 0 Å². The second-order valence-electron chi connectivity index (χ2n) is 8.01. The molecule has 4 nitrogen and oxygen atoms in total. The second kappa shape index (κ2) is 7.65. The van der Waals surface area contributed by atoms with Crippen LogP contribution in [0.25, 0.3) is 22.4 Å². The molecule has 34 heavy (non-hydrogen) atoms. The number of aromatic nitrogens is 2. The lowest BCUT2D eigenvalue weighted by Crippen LogP contribution is -2.21. The number of hydrogen-bond donors (Lipinski definition) is 1. The van der Waals surface area contributed by atoms with Crippen LogP contribution in [0.1, 0.15) is 43.0 Å². The van der Waals surface area contributed by atoms with Crippen LogP contribution in [0.15, 0.2) is 84.9 Å². The summed E-state index contributed by atoms with van der Waals surface area (Å²) in [4.78, 5) is 34.1. The molecule has 0 amide bonds. The molecule has 1 aromatic heterocycles. The molecule has 1 aliphatic carbocycles. The second-order valence-corrected chi connectivity index (χ2v) is 8.01. The summed E-state index contributed by atoms with van der Waals surface area (Å²) in [5.74, 6) is 6.02. The zero-order chi connectivity index (χ0) is 23.2. The first kappa shape index (κ1) is 19.8. The number of carbonyl (C=O) groups excluding carboxylic acids is 2. The summed E-state index contributed by atoms with van der Waals surface area (Å²) in [6, 6.07) is 23.9. The van der Waals surface area contributed by atoms with Crippen molar-refractivity contribution in [1.82, 2.24) is 9.97 Å². The summed E-state index contributed by atoms with van der Waals surface area (Å²) in [6.07, 6.45) is 0. The predicted octanol–water partition coefficient (Wildman–Crippen LogP) is 5.54. The molecule has 5 aromatic rings. The summed E-state index contributed by atoms with van der Waals surface area (Å²) in [5, 5.41) is 0. The maximum absolute atomic E-state index is 13.2. The fourth-order valence-electron chi connectivity index (χ4n) is 4.18. The number of halogens is 1. The highest BCUT2D eigenvalue weighted by molar-refractivity contribution is 6.31. The smallest absolute Gasteiger partial charge is 0.196 e. The SMILES string of the molecule is O=C1c2ccccc2C(=O)c2c1ccc1[nH]c(-c3ccc(C#Cc4ccc(F)cc4)cc3)nc21. The average Bonchev–Trinajstić information content (AvgIpc) is 3.31. The molecule has 0 atom stereocenters. The molecule has 0 radical (unpaired) electrons. The van der Waals surface area contributed by atoms with Crippen LogP contribution < -0.4 is 0 Å². The number of ketones is 2. The first-order chi connectivity index (χ1) is 16.6. The minimum absolute atomic E-state index is 0.166. The molecule has 1 heterocycles. The molecule has 0 bridgehead atoms. The Bertz CT molecular complexity index is 1690. The Labute approximate surface area is 194 Å². The van der Waals surface area contributed by atoms with Crippen molar-refractivity contribution in [2.45, 2.75) is 0 Å². The Kier molecular flexibility index (Phi) is 4.46. The van der Waals surface area contributed by atoms with Gasteiger partial charge in [0.15, 0.2) is 11.6 Å². The van der Waals surface area contributed by atoms with Gasteiger partial charge in [0.05, 0.1) is 11.1 Å². The number of fused-ring (bicyclic) bond motifs is 4. The van der Waals surface area contributed by atoms with Gasteiger partial charge >= 0.3 is 0 Å². The van der Waals surface area contributed by atoms with E-state index in [0.717, 1.165) is 16.7 Å². The number of rotatable bonds is 1. The van der Waals surface area contributed by atoms with Crippen LogP contribution in [0, 0.1) is 17.7 Å². The summed E-state index contributed by atoms with van der Waals surface area (Å²) >= 11 is 0. The van der Waals surface area contributed by atoms with E-state index >= 15 is 0 Å². The fourth-order valence-corrected chi connectivity index (χ4v) is 4.18. The maximum atomic E-state index is 13.2. The summed E-state index contributed by atoms with van der Waals surface area (Å²) < 4.78 is 13.0. The molecule has 0 spiro atoms. The van der Waals surface area contributed by atoms with Crippen LogP contribution in [-0.2, 0) is 0 Å². The number of carbonyl (C=O) groups is 2. The Morgan fingerprint density at radius 3 is 1.97 bits per heavy atom. The van der Waals surface area contributed by atoms with Gasteiger partial charge in [-0.2, -0.15) is 0 Å². The third kappa shape index (κ3) is 3.21. The van der Waals surface area contributed by atoms with Gasteiger partial charge in [0.2, 0.25) is 0 Å². The van der Waals surface area contributed by atoms with Crippen LogP contribution in [-0.4, -0.2) is 21.5 Å². The van der Waals surface area contributed by atoms with Crippen molar-refractivity contribution in [1.29, 1.82) is 0 Å². The predicted molar refractivity (Wildman–Crippen MR) is 127 cm³/mol. The van der Waals surface area contributed by atoms with Gasteiger partial charge in [-0.15, -0.1) is 0 Å². The van der Waals surface area contributed by atoms with Crippen molar-refractivity contribution in [2.24, 2.45) is 0 Å². The Morgan fingerprint density at radius 2 is 1.29 bits per heavy atom. The molecule has 4 aromatic carbocycles. The lowest BCUT2D eigenvalue weighted by atomic mass is 9.83. The highest BCUT2D eigenvalue weighted by Crippen LogP contribution is 2.33. The fraction of sp³-hybridized carbons (Fsp3) is 0. The van der Waals surface area contributed by atoms with Crippen molar-refractivity contribution in [3.8, 4) is 23.2 Å². The van der Waals surface area contributed by atoms with Crippen LogP contribution in [0.3, 0.4) is 0 Å². The van der Waals surface area contributed by atoms with Crippen LogP contribution >= 0.6 is 0 Å². The van der Waals surface area contributed by atoms with Gasteiger partial charge < -0.3 is 4.98 Å². The molecule has 5 heteroatoms. The monoisotopic (exact) mass is 442 g/mol. The van der Waals surface area contributed by atoms with Crippen LogP contribution in [0.4, 0.5) is 4.39 Å². The van der Waals surface area contributed by atoms with Gasteiger partial charge in [0.25, 0.3) is 0 Å². The molecule has 6 rings (SSSR count). The average molecular weight is 442 g/mol. The lowest BCUT2D eigenvalue weighted by molar-refractivity contribution is 0.0980. The minimum atomic E-state index is -0.294. The molecule has 1 N–H and O–H groups in total. The van der Waals surface area contributed by atoms with Gasteiger partial charge in [0.1, 0.15) is 17.2 Å². The Morgan fingerprint density at radius 1 is 0.676 bits per heavy atom. The minimum Gasteiger partial charge on any atom is -0.338 e. The van der Waals surface area contributed by atoms with Gasteiger partial charge in [-0.1, -0.05) is 48.2 Å². The molecule has 0 unspecified atom stereocenters. The van der Waals surface area contributed by atoms with Gasteiger partial charge in [-0.05, 0) is 48.5 Å². The van der Waals surface area contributed by atoms with Crippen molar-refractivity contribution < 1.29 is 14.0 Å². The molecule has 0 aliphatic heterocycles. The van der Waals surface area contributed by atoms with Crippen molar-refractivity contribution >= 4 is 22.6 Å². The van der Waals surface area contributed by atoms with E-state index in [0.29, 0.717) is 39.1 Å². The number of aromatic amines is 1. The maximum Gasteiger partial charge on any atom is 0.196 e. The summed E-state index contributed by atoms with van der Waals surface area (Å²) in [6.45, 7) is 0. The van der Waals surface area contributed by atoms with Crippen molar-refractivity contribution in [2.75, 3.05) is 0 Å². The molecule has 1 aliphatic rings. The number of H-pyrrole nitrogens is 1. The van der Waals surface area contributed by atoms with E-state index in [1.165, 1.54) is 12.1 Å². The molecule has 0 saturated carbocycles. The highest BCUT2D eigenvalue weighted by atomic mass is 19.1. The number of nitrogens with zero attached hydrogens (tertiary/aromatic N) is 1. The zero-order valence-corrected chi connectivity index (χ0v) is 17.7. The molecule has 0 saturated heterocycles. The third-order valence-electron chi connectivity index (χ3n) is 5.90. The highest BCUT2D eigenvalue weighted by Gasteiger charge is 2.32. The zero-order valence-electron chi connectivity index (χ0n) is 17.7. The van der Waals surface area contributed by atoms with Crippen LogP contribution in [0.5, 0.6) is 0 Å². The Hall–Kier alpha value is -4.82. The quantitative estimate of drug-likeness (QED) is 0.340. The van der Waals surface area contributed by atoms with E-state index in [2.05, 4.69) is 21.8 Å². The number of imidazole rings is 1. The normalized spacial score (nSPS) is 12.1. The Balaban J connectivity index is 1.36. The van der Waals surface area contributed by atoms with Crippen molar-refractivity contribution in [3.63, 3.8) is 0 Å². The van der Waals surface area contributed by atoms with E-state index in [1.807, 2.05) is 24.3 Å². The van der Waals surface area contributed by atoms with Gasteiger partial charge in [0, 0.05) is 33.4 Å². The number of benzene rings is 4. The van der Waals surface area contributed by atoms with E-state index in [-0.39, 0.29) is 17.4 Å². The largest absolute Gasteiger partial charge is 0.338 e. The molecule has 0 fully saturated rings. The van der Waals surface area contributed by atoms with E-state index in [9.17, 15) is 14.0 Å². The molecular weight excluding hydrogens is 427 g/mol. The van der Waals surface area contributed by atoms with Gasteiger partial charge in [-0.3, -0.25) is 9.59 Å². The molecular formula is C29H15FN2O2. The standard InChI is InChI=1S/C29H15FN2O2/c30-20-13-9-18(10-14-20)6-5-17-7-11-19(12-8-17)29-31-24-16-15-23-25(26(24)32-29)28(34)22-4-2-1-3-21(22)27(23)33/h1-4,7-16H,(H,31,32). The van der Waals surface area contributed by atoms with E-state index < -0.39 is 0 Å². The number of nitrogens with one attached hydrogen (secondary N) is 1. The lowest BCUT2D eigenvalue weighted by Gasteiger charge is -2.17. The van der Waals surface area contributed by atoms with Gasteiger partial charge in [-0.25, -0.2) is 9.37 Å². The third-order valence-corrected chi connectivity index (χ3v) is 5.90. The van der Waals surface area contributed by atoms with E-state index in [4.69, 9.17) is 0 Å². The number of hydrogen-bond acceptors (Lipinski definition) is 3. The first-order valence-electron chi connectivity index (χ1n) is 10.7. The van der Waals surface area contributed by atoms with Crippen molar-refractivity contribution in [3.05, 3.63) is 124 Å².